The summed E-state index contributed by atoms with van der Waals surface area (Å²) in [5.41, 5.74) is 6.44. The van der Waals surface area contributed by atoms with Gasteiger partial charge in [-0.15, -0.1) is 0 Å². The molecule has 0 bridgehead atoms. The number of imidazole rings is 1. The number of benzene rings is 3. The van der Waals surface area contributed by atoms with E-state index in [1.807, 2.05) is 24.5 Å². The molecule has 2 heterocycles. The number of pyridine rings is 1. The molecule has 0 amide bonds. The van der Waals surface area contributed by atoms with Crippen molar-refractivity contribution in [3.05, 3.63) is 96.8 Å². The molecule has 0 saturated heterocycles. The van der Waals surface area contributed by atoms with E-state index in [4.69, 9.17) is 4.98 Å². The lowest BCUT2D eigenvalue weighted by Gasteiger charge is -2.03. The molecule has 3 nitrogen and oxygen atoms in total. The first-order valence-corrected chi connectivity index (χ1v) is 9.34. The smallest absolute Gasteiger partial charge is 0.138 e. The van der Waals surface area contributed by atoms with Crippen molar-refractivity contribution in [1.82, 2.24) is 15.0 Å². The predicted octanol–water partition coefficient (Wildman–Crippen LogP) is 6.27. The molecule has 28 heavy (non-hydrogen) atoms. The Bertz CT molecular complexity index is 1270. The Kier molecular flexibility index (Phi) is 3.99. The topological polar surface area (TPSA) is 41.6 Å². The average molecular weight is 361 g/mol. The Labute approximate surface area is 163 Å². The van der Waals surface area contributed by atoms with Gasteiger partial charge in [-0.05, 0) is 42.0 Å². The quantitative estimate of drug-likeness (QED) is 0.411. The third-order valence-electron chi connectivity index (χ3n) is 4.99. The predicted molar refractivity (Wildman–Crippen MR) is 115 cm³/mol. The van der Waals surface area contributed by atoms with E-state index in [1.54, 1.807) is 0 Å². The SMILES string of the molecule is Cc1cccc(-c2nc(-c3ccc4ccccc4c3)[nH]c2-c2ccncc2)c1. The number of hydrogen-bond donors (Lipinski definition) is 1. The van der Waals surface area contributed by atoms with Crippen molar-refractivity contribution in [2.24, 2.45) is 0 Å². The van der Waals surface area contributed by atoms with Crippen molar-refractivity contribution >= 4 is 10.8 Å². The Morgan fingerprint density at radius 3 is 2.32 bits per heavy atom. The van der Waals surface area contributed by atoms with Crippen LogP contribution in [0.25, 0.3) is 44.7 Å². The molecule has 0 atom stereocenters. The maximum Gasteiger partial charge on any atom is 0.138 e. The van der Waals surface area contributed by atoms with E-state index in [9.17, 15) is 0 Å². The van der Waals surface area contributed by atoms with Crippen molar-refractivity contribution in [2.75, 3.05) is 0 Å². The minimum atomic E-state index is 0.870. The fourth-order valence-corrected chi connectivity index (χ4v) is 3.58. The minimum Gasteiger partial charge on any atom is -0.337 e. The highest BCUT2D eigenvalue weighted by Gasteiger charge is 2.15. The summed E-state index contributed by atoms with van der Waals surface area (Å²) in [5, 5.41) is 2.44. The van der Waals surface area contributed by atoms with E-state index in [0.717, 1.165) is 33.9 Å². The highest BCUT2D eigenvalue weighted by Crippen LogP contribution is 2.33. The standard InChI is InChI=1S/C25H19N3/c1-17-5-4-8-21(15-17)24-23(19-11-13-26-14-12-19)27-25(28-24)22-10-9-18-6-2-3-7-20(18)16-22/h2-16H,1H3,(H,27,28). The van der Waals surface area contributed by atoms with Crippen LogP contribution in [0.3, 0.4) is 0 Å². The van der Waals surface area contributed by atoms with Crippen LogP contribution in [0.5, 0.6) is 0 Å². The number of nitrogens with one attached hydrogen (secondary N) is 1. The summed E-state index contributed by atoms with van der Waals surface area (Å²) in [6.45, 7) is 2.10. The number of aromatic nitrogens is 3. The number of aromatic amines is 1. The number of rotatable bonds is 3. The first kappa shape index (κ1) is 16.5. The zero-order chi connectivity index (χ0) is 18.9. The van der Waals surface area contributed by atoms with E-state index in [2.05, 4.69) is 83.6 Å². The van der Waals surface area contributed by atoms with Gasteiger partial charge in [-0.2, -0.15) is 0 Å². The van der Waals surface area contributed by atoms with Crippen molar-refractivity contribution in [1.29, 1.82) is 0 Å². The van der Waals surface area contributed by atoms with Gasteiger partial charge in [0.1, 0.15) is 5.82 Å². The molecule has 0 aliphatic rings. The summed E-state index contributed by atoms with van der Waals surface area (Å²) in [6.07, 6.45) is 3.62. The van der Waals surface area contributed by atoms with Crippen molar-refractivity contribution < 1.29 is 0 Å². The largest absolute Gasteiger partial charge is 0.337 e. The molecular weight excluding hydrogens is 342 g/mol. The van der Waals surface area contributed by atoms with Crippen LogP contribution in [0.1, 0.15) is 5.56 Å². The van der Waals surface area contributed by atoms with Gasteiger partial charge in [-0.3, -0.25) is 4.98 Å². The lowest BCUT2D eigenvalue weighted by atomic mass is 10.0. The molecule has 3 heteroatoms. The highest BCUT2D eigenvalue weighted by atomic mass is 14.9. The van der Waals surface area contributed by atoms with Crippen LogP contribution < -0.4 is 0 Å². The summed E-state index contributed by atoms with van der Waals surface area (Å²) in [5.74, 6) is 0.870. The summed E-state index contributed by atoms with van der Waals surface area (Å²) < 4.78 is 0. The van der Waals surface area contributed by atoms with Crippen LogP contribution in [0.4, 0.5) is 0 Å². The molecule has 0 saturated carbocycles. The van der Waals surface area contributed by atoms with Gasteiger partial charge in [0, 0.05) is 29.1 Å². The Morgan fingerprint density at radius 1 is 0.679 bits per heavy atom. The van der Waals surface area contributed by atoms with Gasteiger partial charge in [-0.25, -0.2) is 4.98 Å². The van der Waals surface area contributed by atoms with Crippen molar-refractivity contribution in [3.8, 4) is 33.9 Å². The number of fused-ring (bicyclic) bond motifs is 1. The molecule has 134 valence electrons. The highest BCUT2D eigenvalue weighted by molar-refractivity contribution is 5.88. The molecule has 1 N–H and O–H groups in total. The molecule has 0 aliphatic heterocycles. The first-order valence-electron chi connectivity index (χ1n) is 9.34. The average Bonchev–Trinajstić information content (AvgIpc) is 3.20. The molecule has 0 fully saturated rings. The number of nitrogens with zero attached hydrogens (tertiary/aromatic N) is 2. The molecule has 5 aromatic rings. The lowest BCUT2D eigenvalue weighted by Crippen LogP contribution is -1.85. The van der Waals surface area contributed by atoms with Crippen LogP contribution in [0, 0.1) is 6.92 Å². The Hall–Kier alpha value is -3.72. The zero-order valence-corrected chi connectivity index (χ0v) is 15.6. The van der Waals surface area contributed by atoms with Gasteiger partial charge in [0.25, 0.3) is 0 Å². The molecule has 3 aromatic carbocycles. The van der Waals surface area contributed by atoms with Gasteiger partial charge < -0.3 is 4.98 Å². The maximum absolute atomic E-state index is 5.00. The monoisotopic (exact) mass is 361 g/mol. The van der Waals surface area contributed by atoms with E-state index in [0.29, 0.717) is 0 Å². The van der Waals surface area contributed by atoms with Crippen molar-refractivity contribution in [3.63, 3.8) is 0 Å². The number of H-pyrrole nitrogens is 1. The fraction of sp³-hybridized carbons (Fsp3) is 0.0400. The Balaban J connectivity index is 1.71. The van der Waals surface area contributed by atoms with E-state index in [-0.39, 0.29) is 0 Å². The number of aryl methyl sites for hydroxylation is 1. The van der Waals surface area contributed by atoms with Crippen LogP contribution in [0.2, 0.25) is 0 Å². The third-order valence-corrected chi connectivity index (χ3v) is 4.99. The van der Waals surface area contributed by atoms with Crippen LogP contribution >= 0.6 is 0 Å². The normalized spacial score (nSPS) is 11.0. The second-order valence-corrected chi connectivity index (χ2v) is 6.98. The van der Waals surface area contributed by atoms with Crippen molar-refractivity contribution in [2.45, 2.75) is 6.92 Å². The van der Waals surface area contributed by atoms with Crippen LogP contribution in [-0.4, -0.2) is 15.0 Å². The summed E-state index contributed by atoms with van der Waals surface area (Å²) >= 11 is 0. The van der Waals surface area contributed by atoms with Gasteiger partial charge in [0.2, 0.25) is 0 Å². The van der Waals surface area contributed by atoms with E-state index in [1.165, 1.54) is 16.3 Å². The second-order valence-electron chi connectivity index (χ2n) is 6.98. The fourth-order valence-electron chi connectivity index (χ4n) is 3.58. The minimum absolute atomic E-state index is 0.870. The summed E-state index contributed by atoms with van der Waals surface area (Å²) in [7, 11) is 0. The lowest BCUT2D eigenvalue weighted by molar-refractivity contribution is 1.30. The van der Waals surface area contributed by atoms with Crippen LogP contribution in [0.15, 0.2) is 91.3 Å². The second kappa shape index (κ2) is 6.78. The maximum atomic E-state index is 5.00. The molecular formula is C25H19N3. The molecule has 2 aromatic heterocycles. The summed E-state index contributed by atoms with van der Waals surface area (Å²) in [6, 6.07) is 27.3. The third kappa shape index (κ3) is 2.97. The summed E-state index contributed by atoms with van der Waals surface area (Å²) in [4.78, 5) is 12.7. The molecule has 5 rings (SSSR count). The van der Waals surface area contributed by atoms with Gasteiger partial charge in [-0.1, -0.05) is 60.2 Å². The van der Waals surface area contributed by atoms with Gasteiger partial charge >= 0.3 is 0 Å². The Morgan fingerprint density at radius 2 is 1.50 bits per heavy atom. The first-order chi connectivity index (χ1) is 13.8. The van der Waals surface area contributed by atoms with E-state index < -0.39 is 0 Å². The van der Waals surface area contributed by atoms with Crippen LogP contribution in [-0.2, 0) is 0 Å². The molecule has 0 radical (unpaired) electrons. The number of hydrogen-bond acceptors (Lipinski definition) is 2. The molecule has 0 spiro atoms. The van der Waals surface area contributed by atoms with E-state index >= 15 is 0 Å². The zero-order valence-electron chi connectivity index (χ0n) is 15.6. The van der Waals surface area contributed by atoms with Gasteiger partial charge in [0.05, 0.1) is 11.4 Å². The molecule has 0 unspecified atom stereocenters. The van der Waals surface area contributed by atoms with Gasteiger partial charge in [0.15, 0.2) is 0 Å². The molecule has 0 aliphatic carbocycles.